The van der Waals surface area contributed by atoms with E-state index in [-0.39, 0.29) is 18.1 Å². The Balaban J connectivity index is 1.30. The molecule has 1 aliphatic heterocycles. The van der Waals surface area contributed by atoms with Gasteiger partial charge in [0.2, 0.25) is 0 Å². The van der Waals surface area contributed by atoms with E-state index in [0.29, 0.717) is 13.1 Å². The second kappa shape index (κ2) is 8.75. The molecule has 0 spiro atoms. The number of halogens is 1. The van der Waals surface area contributed by atoms with E-state index in [9.17, 15) is 4.79 Å². The van der Waals surface area contributed by atoms with Gasteiger partial charge < -0.3 is 19.8 Å². The molecule has 0 saturated carbocycles. The van der Waals surface area contributed by atoms with Crippen molar-refractivity contribution in [2.24, 2.45) is 5.92 Å². The quantitative estimate of drug-likeness (QED) is 0.625. The van der Waals surface area contributed by atoms with Gasteiger partial charge in [0.15, 0.2) is 0 Å². The summed E-state index contributed by atoms with van der Waals surface area (Å²) in [4.78, 5) is 16.8. The Hall–Kier alpha value is -2.38. The second-order valence-electron chi connectivity index (χ2n) is 7.01. The Morgan fingerprint density at radius 3 is 2.89 bits per heavy atom. The number of imidazole rings is 1. The van der Waals surface area contributed by atoms with Crippen LogP contribution in [0.3, 0.4) is 0 Å². The van der Waals surface area contributed by atoms with Gasteiger partial charge in [-0.1, -0.05) is 30.3 Å². The van der Waals surface area contributed by atoms with Crippen LogP contribution in [0.1, 0.15) is 30.2 Å². The number of amides is 2. The van der Waals surface area contributed by atoms with Crippen LogP contribution < -0.4 is 10.6 Å². The average Bonchev–Trinajstić information content (AvgIpc) is 3.13. The van der Waals surface area contributed by atoms with Crippen molar-refractivity contribution < 1.29 is 9.53 Å². The maximum absolute atomic E-state index is 12.3. The lowest BCUT2D eigenvalue weighted by Gasteiger charge is -2.32. The number of urea groups is 1. The molecule has 1 aliphatic rings. The fourth-order valence-corrected chi connectivity index (χ4v) is 3.98. The third-order valence-corrected chi connectivity index (χ3v) is 5.46. The van der Waals surface area contributed by atoms with Crippen molar-refractivity contribution >= 4 is 27.6 Å². The van der Waals surface area contributed by atoms with Crippen LogP contribution in [0.25, 0.3) is 5.65 Å². The molecule has 2 aromatic heterocycles. The number of pyridine rings is 1. The minimum absolute atomic E-state index is 0.0344. The molecule has 2 atom stereocenters. The summed E-state index contributed by atoms with van der Waals surface area (Å²) in [6.07, 6.45) is 5.96. The molecule has 2 N–H and O–H groups in total. The number of aromatic nitrogens is 2. The largest absolute Gasteiger partial charge is 0.373 e. The van der Waals surface area contributed by atoms with Gasteiger partial charge in [0.05, 0.1) is 18.3 Å². The Labute approximate surface area is 172 Å². The lowest BCUT2D eigenvalue weighted by atomic mass is 9.89. The molecule has 2 amide bonds. The molecule has 3 aromatic rings. The summed E-state index contributed by atoms with van der Waals surface area (Å²) in [6, 6.07) is 13.9. The van der Waals surface area contributed by atoms with Crippen LogP contribution in [0, 0.1) is 5.92 Å². The predicted octanol–water partition coefficient (Wildman–Crippen LogP) is 4.06. The molecule has 4 rings (SSSR count). The summed E-state index contributed by atoms with van der Waals surface area (Å²) in [5.41, 5.74) is 2.84. The second-order valence-corrected chi connectivity index (χ2v) is 7.93. The summed E-state index contributed by atoms with van der Waals surface area (Å²) >= 11 is 3.45. The monoisotopic (exact) mass is 442 g/mol. The van der Waals surface area contributed by atoms with Crippen LogP contribution in [0.15, 0.2) is 59.3 Å². The van der Waals surface area contributed by atoms with Crippen molar-refractivity contribution in [3.8, 4) is 0 Å². The molecule has 7 heteroatoms. The van der Waals surface area contributed by atoms with Crippen LogP contribution in [0.4, 0.5) is 4.79 Å². The molecule has 0 radical (unpaired) electrons. The van der Waals surface area contributed by atoms with Crippen molar-refractivity contribution in [3.05, 3.63) is 70.6 Å². The van der Waals surface area contributed by atoms with E-state index in [2.05, 4.69) is 43.7 Å². The van der Waals surface area contributed by atoms with Gasteiger partial charge in [-0.3, -0.25) is 0 Å². The number of nitrogens with one attached hydrogen (secondary N) is 2. The van der Waals surface area contributed by atoms with Gasteiger partial charge in [0.1, 0.15) is 5.65 Å². The number of carbonyl (C=O) groups is 1. The molecular weight excluding hydrogens is 420 g/mol. The van der Waals surface area contributed by atoms with Gasteiger partial charge in [-0.25, -0.2) is 9.78 Å². The highest BCUT2D eigenvalue weighted by Gasteiger charge is 2.27. The van der Waals surface area contributed by atoms with Gasteiger partial charge in [-0.2, -0.15) is 0 Å². The first-order chi connectivity index (χ1) is 13.7. The van der Waals surface area contributed by atoms with E-state index >= 15 is 0 Å². The molecule has 0 aliphatic carbocycles. The van der Waals surface area contributed by atoms with Crippen molar-refractivity contribution in [1.82, 2.24) is 20.0 Å². The maximum atomic E-state index is 12.3. The van der Waals surface area contributed by atoms with Crippen LogP contribution in [-0.2, 0) is 11.3 Å². The molecule has 3 heterocycles. The Morgan fingerprint density at radius 2 is 2.04 bits per heavy atom. The van der Waals surface area contributed by atoms with Gasteiger partial charge in [0, 0.05) is 35.9 Å². The van der Waals surface area contributed by atoms with E-state index in [1.54, 1.807) is 0 Å². The Morgan fingerprint density at radius 1 is 1.18 bits per heavy atom. The number of carbonyl (C=O) groups excluding carboxylic acids is 1. The van der Waals surface area contributed by atoms with Crippen LogP contribution in [-0.4, -0.2) is 28.6 Å². The number of benzene rings is 1. The highest BCUT2D eigenvalue weighted by Crippen LogP contribution is 2.33. The van der Waals surface area contributed by atoms with Gasteiger partial charge >= 0.3 is 6.03 Å². The number of rotatable bonds is 5. The number of hydrogen-bond acceptors (Lipinski definition) is 3. The first kappa shape index (κ1) is 19.0. The summed E-state index contributed by atoms with van der Waals surface area (Å²) in [5, 5.41) is 5.88. The van der Waals surface area contributed by atoms with Gasteiger partial charge in [-0.05, 0) is 46.5 Å². The van der Waals surface area contributed by atoms with E-state index in [0.717, 1.165) is 35.3 Å². The minimum Gasteiger partial charge on any atom is -0.373 e. The van der Waals surface area contributed by atoms with E-state index in [4.69, 9.17) is 4.74 Å². The number of ether oxygens (including phenoxy) is 1. The predicted molar refractivity (Wildman–Crippen MR) is 111 cm³/mol. The van der Waals surface area contributed by atoms with Crippen LogP contribution in [0.2, 0.25) is 0 Å². The van der Waals surface area contributed by atoms with E-state index in [1.807, 2.05) is 47.1 Å². The molecule has 2 unspecified atom stereocenters. The van der Waals surface area contributed by atoms with E-state index in [1.165, 1.54) is 5.56 Å². The fraction of sp³-hybridized carbons (Fsp3) is 0.333. The van der Waals surface area contributed by atoms with E-state index < -0.39 is 0 Å². The number of fused-ring (bicyclic) bond motifs is 1. The highest BCUT2D eigenvalue weighted by atomic mass is 79.9. The molecule has 1 fully saturated rings. The summed E-state index contributed by atoms with van der Waals surface area (Å²) < 4.78 is 8.91. The number of hydrogen-bond donors (Lipinski definition) is 2. The van der Waals surface area contributed by atoms with Crippen molar-refractivity contribution in [3.63, 3.8) is 0 Å². The first-order valence-corrected chi connectivity index (χ1v) is 10.3. The minimum atomic E-state index is -0.185. The van der Waals surface area contributed by atoms with Gasteiger partial charge in [0.25, 0.3) is 0 Å². The Bertz CT molecular complexity index is 944. The number of nitrogens with zero attached hydrogens (tertiary/aromatic N) is 2. The average molecular weight is 443 g/mol. The third kappa shape index (κ3) is 4.54. The summed E-state index contributed by atoms with van der Waals surface area (Å²) in [5.74, 6) is 0.273. The zero-order valence-electron chi connectivity index (χ0n) is 15.5. The van der Waals surface area contributed by atoms with Crippen molar-refractivity contribution in [2.75, 3.05) is 13.2 Å². The lowest BCUT2D eigenvalue weighted by molar-refractivity contribution is -0.0269. The summed E-state index contributed by atoms with van der Waals surface area (Å²) in [6.45, 7) is 1.74. The fourth-order valence-electron chi connectivity index (χ4n) is 3.62. The molecule has 28 heavy (non-hydrogen) atoms. The van der Waals surface area contributed by atoms with Crippen LogP contribution in [0.5, 0.6) is 0 Å². The van der Waals surface area contributed by atoms with Crippen molar-refractivity contribution in [1.29, 1.82) is 0 Å². The molecule has 1 saturated heterocycles. The van der Waals surface area contributed by atoms with Gasteiger partial charge in [-0.15, -0.1) is 0 Å². The first-order valence-electron chi connectivity index (χ1n) is 9.50. The SMILES string of the molecule is O=C(NCc1cn2cc(Br)ccc2n1)NCC1CCCOC1c1ccccc1. The Kier molecular flexibility index (Phi) is 5.92. The molecule has 0 bridgehead atoms. The zero-order chi connectivity index (χ0) is 19.3. The molecule has 6 nitrogen and oxygen atoms in total. The lowest BCUT2D eigenvalue weighted by Crippen LogP contribution is -2.40. The van der Waals surface area contributed by atoms with Crippen LogP contribution >= 0.6 is 15.9 Å². The van der Waals surface area contributed by atoms with Crippen molar-refractivity contribution in [2.45, 2.75) is 25.5 Å². The smallest absolute Gasteiger partial charge is 0.315 e. The maximum Gasteiger partial charge on any atom is 0.315 e. The molecule has 146 valence electrons. The third-order valence-electron chi connectivity index (χ3n) is 4.99. The topological polar surface area (TPSA) is 67.7 Å². The summed E-state index contributed by atoms with van der Waals surface area (Å²) in [7, 11) is 0. The molecule has 1 aromatic carbocycles. The zero-order valence-corrected chi connectivity index (χ0v) is 17.1. The standard InChI is InChI=1S/C21H23BrN4O2/c22-17-8-9-19-25-18(14-26(19)13-17)12-24-21(27)23-11-16-7-4-10-28-20(16)15-5-2-1-3-6-15/h1-3,5-6,8-9,13-14,16,20H,4,7,10-12H2,(H2,23,24,27). The molecular formula is C21H23BrN4O2. The highest BCUT2D eigenvalue weighted by molar-refractivity contribution is 9.10. The normalized spacial score (nSPS) is 19.5.